The second kappa shape index (κ2) is 10.5. The maximum atomic E-state index is 13.7. The number of rotatable bonds is 6. The molecule has 0 unspecified atom stereocenters. The highest BCUT2D eigenvalue weighted by Crippen LogP contribution is 2.38. The number of halogens is 3. The van der Waals surface area contributed by atoms with Crippen LogP contribution >= 0.6 is 24.0 Å². The number of H-pyrrole nitrogens is 1. The third-order valence-corrected chi connectivity index (χ3v) is 5.57. The van der Waals surface area contributed by atoms with Crippen LogP contribution in [0.15, 0.2) is 72.9 Å². The molecule has 0 aliphatic carbocycles. The number of carboxylic acid groups (broad SMARTS) is 1. The van der Waals surface area contributed by atoms with E-state index in [-0.39, 0.29) is 18.2 Å². The number of nitrogens with one attached hydrogen (secondary N) is 1. The largest absolute Gasteiger partial charge is 0.478 e. The number of fused-ring (bicyclic) bond motifs is 1. The zero-order chi connectivity index (χ0) is 22.7. The van der Waals surface area contributed by atoms with E-state index in [4.69, 9.17) is 16.7 Å². The molecule has 1 heterocycles. The predicted molar refractivity (Wildman–Crippen MR) is 134 cm³/mol. The van der Waals surface area contributed by atoms with Crippen LogP contribution in [0.5, 0.6) is 0 Å². The van der Waals surface area contributed by atoms with E-state index in [9.17, 15) is 9.18 Å². The van der Waals surface area contributed by atoms with Crippen molar-refractivity contribution >= 4 is 58.1 Å². The van der Waals surface area contributed by atoms with Crippen molar-refractivity contribution in [3.05, 3.63) is 106 Å². The molecule has 0 aliphatic heterocycles. The molecule has 0 atom stereocenters. The average molecular weight is 483 g/mol. The number of carboxylic acids is 1. The molecule has 0 bridgehead atoms. The standard InChI is InChI=1S/C26H20ClFN2O2.ClH/c1-2-21(22-10-9-20(28)14-23(22)27)26(18-8-11-24-19(13-18)15-29-30-24)17-6-3-16(4-7-17)5-12-25(31)32;/h3-15H,2H2,1H3,(H,29,30)(H,31,32);1H/b12-5?,26-21-;. The zero-order valence-electron chi connectivity index (χ0n) is 17.7. The van der Waals surface area contributed by atoms with Crippen molar-refractivity contribution in [2.45, 2.75) is 13.3 Å². The van der Waals surface area contributed by atoms with Crippen LogP contribution in [0.25, 0.3) is 28.1 Å². The summed E-state index contributed by atoms with van der Waals surface area (Å²) in [5.74, 6) is -1.38. The van der Waals surface area contributed by atoms with E-state index in [1.807, 2.05) is 43.3 Å². The summed E-state index contributed by atoms with van der Waals surface area (Å²) in [4.78, 5) is 10.8. The molecular weight excluding hydrogens is 462 g/mol. The molecule has 7 heteroatoms. The smallest absolute Gasteiger partial charge is 0.328 e. The Hall–Kier alpha value is -3.41. The maximum absolute atomic E-state index is 13.7. The maximum Gasteiger partial charge on any atom is 0.328 e. The first-order valence-corrected chi connectivity index (χ1v) is 10.5. The Kier molecular flexibility index (Phi) is 7.69. The lowest BCUT2D eigenvalue weighted by Crippen LogP contribution is -1.96. The number of carbonyl (C=O) groups is 1. The van der Waals surface area contributed by atoms with Crippen molar-refractivity contribution < 1.29 is 14.3 Å². The molecule has 4 aromatic rings. The number of aliphatic carboxylic acids is 1. The highest BCUT2D eigenvalue weighted by atomic mass is 35.5. The number of hydrogen-bond donors (Lipinski definition) is 2. The predicted octanol–water partition coefficient (Wildman–Crippen LogP) is 7.24. The average Bonchev–Trinajstić information content (AvgIpc) is 3.25. The van der Waals surface area contributed by atoms with Gasteiger partial charge in [0.2, 0.25) is 0 Å². The first-order chi connectivity index (χ1) is 15.5. The van der Waals surface area contributed by atoms with Gasteiger partial charge in [0, 0.05) is 11.5 Å². The Morgan fingerprint density at radius 1 is 1.09 bits per heavy atom. The number of aromatic amines is 1. The second-order valence-electron chi connectivity index (χ2n) is 7.30. The molecule has 33 heavy (non-hydrogen) atoms. The van der Waals surface area contributed by atoms with Crippen LogP contribution < -0.4 is 0 Å². The molecule has 0 saturated carbocycles. The molecule has 0 fully saturated rings. The topological polar surface area (TPSA) is 66.0 Å². The van der Waals surface area contributed by atoms with Crippen molar-refractivity contribution in [1.82, 2.24) is 10.2 Å². The fourth-order valence-electron chi connectivity index (χ4n) is 3.78. The van der Waals surface area contributed by atoms with Gasteiger partial charge >= 0.3 is 5.97 Å². The van der Waals surface area contributed by atoms with Crippen LogP contribution in [0, 0.1) is 5.82 Å². The number of benzene rings is 3. The minimum Gasteiger partial charge on any atom is -0.478 e. The van der Waals surface area contributed by atoms with E-state index in [1.54, 1.807) is 18.3 Å². The van der Waals surface area contributed by atoms with Crippen LogP contribution in [0.1, 0.15) is 35.6 Å². The van der Waals surface area contributed by atoms with E-state index < -0.39 is 5.97 Å². The van der Waals surface area contributed by atoms with E-state index in [0.29, 0.717) is 11.4 Å². The minimum absolute atomic E-state index is 0. The highest BCUT2D eigenvalue weighted by Gasteiger charge is 2.16. The van der Waals surface area contributed by atoms with Gasteiger partial charge in [-0.1, -0.05) is 54.9 Å². The number of hydrogen-bond acceptors (Lipinski definition) is 2. The molecule has 168 valence electrons. The number of aromatic nitrogens is 2. The molecule has 0 amide bonds. The van der Waals surface area contributed by atoms with Crippen LogP contribution in [0.4, 0.5) is 4.39 Å². The summed E-state index contributed by atoms with van der Waals surface area (Å²) in [6, 6.07) is 18.1. The van der Waals surface area contributed by atoms with Gasteiger partial charge in [0.25, 0.3) is 0 Å². The van der Waals surface area contributed by atoms with Crippen LogP contribution in [0.3, 0.4) is 0 Å². The SMILES string of the molecule is CC/C(=C(\c1ccc(C=CC(=O)O)cc1)c1ccc2[nH]ncc2c1)c1ccc(F)cc1Cl.Cl. The second-order valence-corrected chi connectivity index (χ2v) is 7.70. The van der Waals surface area contributed by atoms with Crippen LogP contribution in [-0.2, 0) is 4.79 Å². The van der Waals surface area contributed by atoms with Crippen LogP contribution in [0.2, 0.25) is 5.02 Å². The Balaban J connectivity index is 0.00000306. The van der Waals surface area contributed by atoms with Gasteiger partial charge in [-0.3, -0.25) is 5.10 Å². The summed E-state index contributed by atoms with van der Waals surface area (Å²) in [5, 5.41) is 17.3. The molecule has 4 nitrogen and oxygen atoms in total. The van der Waals surface area contributed by atoms with Gasteiger partial charge in [-0.25, -0.2) is 9.18 Å². The lowest BCUT2D eigenvalue weighted by Gasteiger charge is -2.17. The molecular formula is C26H21Cl2FN2O2. The summed E-state index contributed by atoms with van der Waals surface area (Å²) >= 11 is 6.44. The Labute approximate surface area is 201 Å². The molecule has 0 radical (unpaired) electrons. The monoisotopic (exact) mass is 482 g/mol. The molecule has 0 aliphatic rings. The fourth-order valence-corrected chi connectivity index (χ4v) is 4.06. The van der Waals surface area contributed by atoms with Crippen LogP contribution in [-0.4, -0.2) is 21.3 Å². The van der Waals surface area contributed by atoms with Gasteiger partial charge in [0.15, 0.2) is 0 Å². The highest BCUT2D eigenvalue weighted by molar-refractivity contribution is 6.32. The summed E-state index contributed by atoms with van der Waals surface area (Å²) < 4.78 is 13.7. The van der Waals surface area contributed by atoms with Gasteiger partial charge in [-0.05, 0) is 70.2 Å². The lowest BCUT2D eigenvalue weighted by molar-refractivity contribution is -0.131. The Morgan fingerprint density at radius 2 is 1.82 bits per heavy atom. The van der Waals surface area contributed by atoms with Crippen molar-refractivity contribution in [2.24, 2.45) is 0 Å². The number of nitrogens with zero attached hydrogens (tertiary/aromatic N) is 1. The third kappa shape index (κ3) is 5.33. The van der Waals surface area contributed by atoms with Crippen molar-refractivity contribution in [2.75, 3.05) is 0 Å². The number of allylic oxidation sites excluding steroid dienone is 1. The van der Waals surface area contributed by atoms with E-state index in [1.165, 1.54) is 12.1 Å². The Morgan fingerprint density at radius 3 is 2.48 bits per heavy atom. The quantitative estimate of drug-likeness (QED) is 0.224. The van der Waals surface area contributed by atoms with Crippen molar-refractivity contribution in [3.63, 3.8) is 0 Å². The van der Waals surface area contributed by atoms with Crippen molar-refractivity contribution in [3.8, 4) is 0 Å². The molecule has 2 N–H and O–H groups in total. The fraction of sp³-hybridized carbons (Fsp3) is 0.0769. The van der Waals surface area contributed by atoms with E-state index >= 15 is 0 Å². The third-order valence-electron chi connectivity index (χ3n) is 5.26. The first kappa shape index (κ1) is 24.2. The Bertz CT molecular complexity index is 1360. The molecule has 4 rings (SSSR count). The summed E-state index contributed by atoms with van der Waals surface area (Å²) in [5.41, 5.74) is 6.35. The summed E-state index contributed by atoms with van der Waals surface area (Å²) in [7, 11) is 0. The van der Waals surface area contributed by atoms with Gasteiger partial charge in [0.05, 0.1) is 16.7 Å². The van der Waals surface area contributed by atoms with Gasteiger partial charge in [0.1, 0.15) is 5.82 Å². The molecule has 0 saturated heterocycles. The first-order valence-electron chi connectivity index (χ1n) is 10.1. The molecule has 1 aromatic heterocycles. The summed E-state index contributed by atoms with van der Waals surface area (Å²) in [6.45, 7) is 2.04. The van der Waals surface area contributed by atoms with E-state index in [0.717, 1.165) is 50.4 Å². The van der Waals surface area contributed by atoms with Gasteiger partial charge in [-0.2, -0.15) is 5.10 Å². The van der Waals surface area contributed by atoms with E-state index in [2.05, 4.69) is 16.3 Å². The molecule has 3 aromatic carbocycles. The lowest BCUT2D eigenvalue weighted by atomic mass is 9.87. The minimum atomic E-state index is -0.998. The normalized spacial score (nSPS) is 12.0. The zero-order valence-corrected chi connectivity index (χ0v) is 19.3. The van der Waals surface area contributed by atoms with Gasteiger partial charge in [-0.15, -0.1) is 12.4 Å². The summed E-state index contributed by atoms with van der Waals surface area (Å²) in [6.07, 6.45) is 5.09. The van der Waals surface area contributed by atoms with Gasteiger partial charge < -0.3 is 5.11 Å². The molecule has 0 spiro atoms. The van der Waals surface area contributed by atoms with Crippen molar-refractivity contribution in [1.29, 1.82) is 0 Å².